The topological polar surface area (TPSA) is 61.4 Å². The van der Waals surface area contributed by atoms with Crippen molar-refractivity contribution in [3.8, 4) is 0 Å². The van der Waals surface area contributed by atoms with Crippen molar-refractivity contribution in [2.75, 3.05) is 19.7 Å². The van der Waals surface area contributed by atoms with E-state index >= 15 is 0 Å². The van der Waals surface area contributed by atoms with Crippen LogP contribution >= 0.6 is 0 Å². The van der Waals surface area contributed by atoms with Crippen molar-refractivity contribution in [2.45, 2.75) is 32.7 Å². The van der Waals surface area contributed by atoms with Crippen LogP contribution in [0.25, 0.3) is 0 Å². The number of hydrogen-bond acceptors (Lipinski definition) is 3. The number of aliphatic hydroxyl groups is 1. The summed E-state index contributed by atoms with van der Waals surface area (Å²) in [5.41, 5.74) is 1.10. The van der Waals surface area contributed by atoms with E-state index in [1.165, 1.54) is 0 Å². The van der Waals surface area contributed by atoms with E-state index in [2.05, 4.69) is 17.6 Å². The summed E-state index contributed by atoms with van der Waals surface area (Å²) in [4.78, 5) is 11.7. The molecule has 1 atom stereocenters. The second kappa shape index (κ2) is 10.4. The van der Waals surface area contributed by atoms with Crippen molar-refractivity contribution in [1.82, 2.24) is 10.6 Å². The average Bonchev–Trinajstić information content (AvgIpc) is 2.47. The number of carbonyl (C=O) groups excluding carboxylic acids is 1. The summed E-state index contributed by atoms with van der Waals surface area (Å²) in [7, 11) is 0. The van der Waals surface area contributed by atoms with Crippen molar-refractivity contribution in [3.05, 3.63) is 35.9 Å². The highest BCUT2D eigenvalue weighted by Crippen LogP contribution is 2.08. The molecule has 0 radical (unpaired) electrons. The highest BCUT2D eigenvalue weighted by molar-refractivity contribution is 5.77. The minimum atomic E-state index is 0.00750. The number of amides is 1. The molecule has 0 bridgehead atoms. The van der Waals surface area contributed by atoms with Crippen LogP contribution in [0.3, 0.4) is 0 Å². The molecule has 0 aliphatic heterocycles. The molecule has 1 aromatic carbocycles. The van der Waals surface area contributed by atoms with Gasteiger partial charge in [0.15, 0.2) is 0 Å². The first-order valence-electron chi connectivity index (χ1n) is 7.38. The highest BCUT2D eigenvalue weighted by Gasteiger charge is 2.08. The Bertz CT molecular complexity index is 362. The summed E-state index contributed by atoms with van der Waals surface area (Å²) >= 11 is 0. The molecule has 4 nitrogen and oxygen atoms in total. The van der Waals surface area contributed by atoms with Gasteiger partial charge in [0.25, 0.3) is 0 Å². The lowest BCUT2D eigenvalue weighted by atomic mass is 10.0. The first-order valence-corrected chi connectivity index (χ1v) is 7.38. The number of hydrogen-bond donors (Lipinski definition) is 3. The predicted octanol–water partition coefficient (Wildman–Crippen LogP) is 1.69. The van der Waals surface area contributed by atoms with Gasteiger partial charge in [0.05, 0.1) is 6.54 Å². The maximum Gasteiger partial charge on any atom is 0.234 e. The van der Waals surface area contributed by atoms with Gasteiger partial charge in [0, 0.05) is 13.2 Å². The smallest absolute Gasteiger partial charge is 0.234 e. The van der Waals surface area contributed by atoms with Gasteiger partial charge in [-0.2, -0.15) is 0 Å². The Kier molecular flexibility index (Phi) is 8.67. The molecule has 0 spiro atoms. The summed E-state index contributed by atoms with van der Waals surface area (Å²) in [5, 5.41) is 15.0. The van der Waals surface area contributed by atoms with Crippen molar-refractivity contribution in [2.24, 2.45) is 5.92 Å². The van der Waals surface area contributed by atoms with Crippen LogP contribution in [0.5, 0.6) is 0 Å². The molecular weight excluding hydrogens is 252 g/mol. The lowest BCUT2D eigenvalue weighted by Gasteiger charge is -2.15. The van der Waals surface area contributed by atoms with E-state index in [1.807, 2.05) is 30.3 Å². The van der Waals surface area contributed by atoms with E-state index in [1.54, 1.807) is 0 Å². The first-order chi connectivity index (χ1) is 9.76. The molecule has 0 aliphatic carbocycles. The van der Waals surface area contributed by atoms with Crippen LogP contribution < -0.4 is 10.6 Å². The molecule has 0 saturated carbocycles. The monoisotopic (exact) mass is 278 g/mol. The highest BCUT2D eigenvalue weighted by atomic mass is 16.3. The van der Waals surface area contributed by atoms with Gasteiger partial charge in [0.1, 0.15) is 0 Å². The maximum absolute atomic E-state index is 11.7. The molecule has 0 fully saturated rings. The van der Waals surface area contributed by atoms with Gasteiger partial charge < -0.3 is 15.7 Å². The summed E-state index contributed by atoms with van der Waals surface area (Å²) in [5.74, 6) is 0.458. The summed E-state index contributed by atoms with van der Waals surface area (Å²) < 4.78 is 0. The molecule has 3 N–H and O–H groups in total. The van der Waals surface area contributed by atoms with Crippen LogP contribution in [-0.2, 0) is 11.3 Å². The summed E-state index contributed by atoms with van der Waals surface area (Å²) in [6.07, 6.45) is 2.98. The van der Waals surface area contributed by atoms with Gasteiger partial charge >= 0.3 is 0 Å². The van der Waals surface area contributed by atoms with Crippen LogP contribution in [0, 0.1) is 5.92 Å². The molecule has 1 unspecified atom stereocenters. The SMILES string of the molecule is CCCC(CCO)CNCC(=O)NCc1ccccc1. The molecule has 0 saturated heterocycles. The van der Waals surface area contributed by atoms with Crippen LogP contribution in [0.1, 0.15) is 31.7 Å². The number of aliphatic hydroxyl groups excluding tert-OH is 1. The Labute approximate surface area is 121 Å². The van der Waals surface area contributed by atoms with Gasteiger partial charge in [0.2, 0.25) is 5.91 Å². The second-order valence-corrected chi connectivity index (χ2v) is 5.06. The molecule has 20 heavy (non-hydrogen) atoms. The number of rotatable bonds is 10. The third kappa shape index (κ3) is 7.26. The van der Waals surface area contributed by atoms with Crippen molar-refractivity contribution < 1.29 is 9.90 Å². The van der Waals surface area contributed by atoms with Gasteiger partial charge in [-0.25, -0.2) is 0 Å². The molecule has 4 heteroatoms. The number of carbonyl (C=O) groups is 1. The molecule has 1 amide bonds. The Morgan fingerprint density at radius 2 is 2.00 bits per heavy atom. The van der Waals surface area contributed by atoms with E-state index in [0.717, 1.165) is 31.4 Å². The molecule has 1 rings (SSSR count). The van der Waals surface area contributed by atoms with Crippen LogP contribution in [0.2, 0.25) is 0 Å². The Morgan fingerprint density at radius 3 is 2.65 bits per heavy atom. The minimum Gasteiger partial charge on any atom is -0.396 e. The second-order valence-electron chi connectivity index (χ2n) is 5.06. The minimum absolute atomic E-state index is 0.00750. The van der Waals surface area contributed by atoms with Crippen LogP contribution in [0.15, 0.2) is 30.3 Å². The largest absolute Gasteiger partial charge is 0.396 e. The zero-order valence-electron chi connectivity index (χ0n) is 12.3. The molecule has 112 valence electrons. The van der Waals surface area contributed by atoms with E-state index in [4.69, 9.17) is 5.11 Å². The Hall–Kier alpha value is -1.39. The van der Waals surface area contributed by atoms with Crippen molar-refractivity contribution >= 4 is 5.91 Å². The molecule has 1 aromatic rings. The van der Waals surface area contributed by atoms with Gasteiger partial charge in [-0.15, -0.1) is 0 Å². The fourth-order valence-electron chi connectivity index (χ4n) is 2.19. The lowest BCUT2D eigenvalue weighted by molar-refractivity contribution is -0.120. The van der Waals surface area contributed by atoms with Crippen LogP contribution in [0.4, 0.5) is 0 Å². The molecule has 0 aromatic heterocycles. The van der Waals surface area contributed by atoms with Gasteiger partial charge in [-0.05, 0) is 30.9 Å². The molecular formula is C16H26N2O2. The average molecular weight is 278 g/mol. The summed E-state index contributed by atoms with van der Waals surface area (Å²) in [6, 6.07) is 9.87. The zero-order chi connectivity index (χ0) is 14.6. The van der Waals surface area contributed by atoms with Gasteiger partial charge in [-0.3, -0.25) is 4.79 Å². The van der Waals surface area contributed by atoms with E-state index in [-0.39, 0.29) is 12.5 Å². The van der Waals surface area contributed by atoms with Crippen molar-refractivity contribution in [3.63, 3.8) is 0 Å². The maximum atomic E-state index is 11.7. The standard InChI is InChI=1S/C16H26N2O2/c1-2-6-14(9-10-19)11-17-13-16(20)18-12-15-7-4-3-5-8-15/h3-5,7-8,14,17,19H,2,6,9-13H2,1H3,(H,18,20). The third-order valence-corrected chi connectivity index (χ3v) is 3.29. The molecule has 0 aliphatic rings. The predicted molar refractivity (Wildman–Crippen MR) is 81.3 cm³/mol. The fraction of sp³-hybridized carbons (Fsp3) is 0.562. The normalized spacial score (nSPS) is 12.1. The number of benzene rings is 1. The lowest BCUT2D eigenvalue weighted by Crippen LogP contribution is -2.35. The van der Waals surface area contributed by atoms with E-state index in [0.29, 0.717) is 19.0 Å². The Balaban J connectivity index is 2.16. The van der Waals surface area contributed by atoms with E-state index in [9.17, 15) is 4.79 Å². The third-order valence-electron chi connectivity index (χ3n) is 3.29. The quantitative estimate of drug-likeness (QED) is 0.610. The van der Waals surface area contributed by atoms with Gasteiger partial charge in [-0.1, -0.05) is 43.7 Å². The van der Waals surface area contributed by atoms with Crippen molar-refractivity contribution in [1.29, 1.82) is 0 Å². The fourth-order valence-corrected chi connectivity index (χ4v) is 2.19. The summed E-state index contributed by atoms with van der Waals surface area (Å²) in [6.45, 7) is 4.03. The number of nitrogens with one attached hydrogen (secondary N) is 2. The first kappa shape index (κ1) is 16.7. The Morgan fingerprint density at radius 1 is 1.25 bits per heavy atom. The zero-order valence-corrected chi connectivity index (χ0v) is 12.3. The molecule has 0 heterocycles. The van der Waals surface area contributed by atoms with Crippen LogP contribution in [-0.4, -0.2) is 30.7 Å². The van der Waals surface area contributed by atoms with E-state index < -0.39 is 0 Å².